The van der Waals surface area contributed by atoms with E-state index in [0.29, 0.717) is 27.2 Å². The predicted molar refractivity (Wildman–Crippen MR) is 106 cm³/mol. The van der Waals surface area contributed by atoms with Gasteiger partial charge in [0.25, 0.3) is 5.91 Å². The SMILES string of the molecule is O=C(Nc1ncc(Cc2ccccc2Cl)s1)c1cc2cc(Cl)ccc2o1. The molecule has 1 N–H and O–H groups in total. The lowest BCUT2D eigenvalue weighted by molar-refractivity contribution is 0.0998. The molecule has 0 aliphatic heterocycles. The fraction of sp³-hybridized carbons (Fsp3) is 0.0526. The number of hydrogen-bond acceptors (Lipinski definition) is 4. The van der Waals surface area contributed by atoms with Crippen molar-refractivity contribution in [2.45, 2.75) is 6.42 Å². The van der Waals surface area contributed by atoms with Gasteiger partial charge in [0.1, 0.15) is 5.58 Å². The minimum Gasteiger partial charge on any atom is -0.451 e. The molecule has 0 atom stereocenters. The number of fused-ring (bicyclic) bond motifs is 1. The van der Waals surface area contributed by atoms with Crippen LogP contribution in [0.5, 0.6) is 0 Å². The van der Waals surface area contributed by atoms with Gasteiger partial charge in [-0.05, 0) is 35.9 Å². The number of benzene rings is 2. The summed E-state index contributed by atoms with van der Waals surface area (Å²) < 4.78 is 5.56. The average molecular weight is 403 g/mol. The smallest absolute Gasteiger partial charge is 0.293 e. The van der Waals surface area contributed by atoms with Crippen molar-refractivity contribution in [2.75, 3.05) is 5.32 Å². The van der Waals surface area contributed by atoms with E-state index in [4.69, 9.17) is 27.6 Å². The van der Waals surface area contributed by atoms with Gasteiger partial charge >= 0.3 is 0 Å². The Morgan fingerprint density at radius 2 is 2.00 bits per heavy atom. The van der Waals surface area contributed by atoms with Crippen molar-refractivity contribution in [1.82, 2.24) is 4.98 Å². The first-order valence-corrected chi connectivity index (χ1v) is 9.34. The Morgan fingerprint density at radius 3 is 2.85 bits per heavy atom. The molecule has 4 rings (SSSR count). The Hall–Kier alpha value is -2.34. The van der Waals surface area contributed by atoms with Gasteiger partial charge < -0.3 is 4.42 Å². The van der Waals surface area contributed by atoms with Crippen molar-refractivity contribution in [3.63, 3.8) is 0 Å². The molecule has 1 amide bonds. The molecule has 0 unspecified atom stereocenters. The van der Waals surface area contributed by atoms with Crippen LogP contribution < -0.4 is 5.32 Å². The van der Waals surface area contributed by atoms with E-state index < -0.39 is 0 Å². The molecule has 7 heteroatoms. The predicted octanol–water partition coefficient (Wildman–Crippen LogP) is 6.04. The summed E-state index contributed by atoms with van der Waals surface area (Å²) in [5, 5.41) is 5.36. The second-order valence-corrected chi connectivity index (χ2v) is 7.61. The van der Waals surface area contributed by atoms with Gasteiger partial charge in [0, 0.05) is 32.9 Å². The first-order valence-electron chi connectivity index (χ1n) is 7.77. The molecule has 0 bridgehead atoms. The highest BCUT2D eigenvalue weighted by atomic mass is 35.5. The highest BCUT2D eigenvalue weighted by molar-refractivity contribution is 7.15. The zero-order valence-electron chi connectivity index (χ0n) is 13.3. The first kappa shape index (κ1) is 17.1. The fourth-order valence-corrected chi connectivity index (χ4v) is 3.77. The quantitative estimate of drug-likeness (QED) is 0.452. The first-order chi connectivity index (χ1) is 12.6. The van der Waals surface area contributed by atoms with Gasteiger partial charge in [0.15, 0.2) is 10.9 Å². The molecule has 0 saturated heterocycles. The number of halogens is 2. The maximum absolute atomic E-state index is 12.4. The highest BCUT2D eigenvalue weighted by Gasteiger charge is 2.15. The Kier molecular flexibility index (Phi) is 4.68. The van der Waals surface area contributed by atoms with Gasteiger partial charge in [0.2, 0.25) is 0 Å². The lowest BCUT2D eigenvalue weighted by Crippen LogP contribution is -2.10. The average Bonchev–Trinajstić information content (AvgIpc) is 3.23. The van der Waals surface area contributed by atoms with E-state index >= 15 is 0 Å². The van der Waals surface area contributed by atoms with E-state index in [1.807, 2.05) is 24.3 Å². The molecule has 2 heterocycles. The van der Waals surface area contributed by atoms with Gasteiger partial charge in [0.05, 0.1) is 0 Å². The number of aromatic nitrogens is 1. The zero-order valence-corrected chi connectivity index (χ0v) is 15.7. The molecule has 4 aromatic rings. The number of furan rings is 1. The number of amides is 1. The maximum atomic E-state index is 12.4. The van der Waals surface area contributed by atoms with Crippen LogP contribution in [0.1, 0.15) is 21.0 Å². The molecule has 2 aromatic heterocycles. The molecule has 130 valence electrons. The van der Waals surface area contributed by atoms with Crippen molar-refractivity contribution in [3.05, 3.63) is 81.0 Å². The summed E-state index contributed by atoms with van der Waals surface area (Å²) in [5.74, 6) is -0.138. The molecule has 0 fully saturated rings. The van der Waals surface area contributed by atoms with Gasteiger partial charge in [-0.3, -0.25) is 10.1 Å². The topological polar surface area (TPSA) is 55.1 Å². The molecular formula is C19H12Cl2N2O2S. The van der Waals surface area contributed by atoms with Crippen LogP contribution in [0.25, 0.3) is 11.0 Å². The number of carbonyl (C=O) groups is 1. The Morgan fingerprint density at radius 1 is 1.15 bits per heavy atom. The number of anilines is 1. The number of nitrogens with zero attached hydrogens (tertiary/aromatic N) is 1. The van der Waals surface area contributed by atoms with E-state index in [0.717, 1.165) is 15.8 Å². The summed E-state index contributed by atoms with van der Waals surface area (Å²) in [5.41, 5.74) is 1.63. The third-order valence-corrected chi connectivity index (χ3v) is 5.32. The zero-order chi connectivity index (χ0) is 18.1. The number of thiazole rings is 1. The van der Waals surface area contributed by atoms with Crippen LogP contribution in [0.15, 0.2) is 59.1 Å². The normalized spacial score (nSPS) is 11.0. The maximum Gasteiger partial charge on any atom is 0.293 e. The van der Waals surface area contributed by atoms with E-state index in [1.54, 1.807) is 30.5 Å². The van der Waals surface area contributed by atoms with E-state index in [1.165, 1.54) is 11.3 Å². The number of rotatable bonds is 4. The summed E-state index contributed by atoms with van der Waals surface area (Å²) in [4.78, 5) is 17.7. The molecule has 0 aliphatic carbocycles. The lowest BCUT2D eigenvalue weighted by Gasteiger charge is -2.00. The van der Waals surface area contributed by atoms with Crippen molar-refractivity contribution >= 4 is 56.5 Å². The summed E-state index contributed by atoms with van der Waals surface area (Å²) >= 11 is 13.5. The largest absolute Gasteiger partial charge is 0.451 e. The second kappa shape index (κ2) is 7.11. The van der Waals surface area contributed by atoms with Crippen LogP contribution in [-0.2, 0) is 6.42 Å². The van der Waals surface area contributed by atoms with E-state index in [-0.39, 0.29) is 11.7 Å². The molecule has 4 nitrogen and oxygen atoms in total. The Balaban J connectivity index is 1.49. The number of hydrogen-bond donors (Lipinski definition) is 1. The van der Waals surface area contributed by atoms with Crippen LogP contribution >= 0.6 is 34.5 Å². The molecule has 0 saturated carbocycles. The fourth-order valence-electron chi connectivity index (χ4n) is 2.56. The van der Waals surface area contributed by atoms with Gasteiger partial charge in [-0.1, -0.05) is 41.4 Å². The minimum atomic E-state index is -0.351. The van der Waals surface area contributed by atoms with E-state index in [2.05, 4.69) is 10.3 Å². The lowest BCUT2D eigenvalue weighted by atomic mass is 10.1. The monoisotopic (exact) mass is 402 g/mol. The standard InChI is InChI=1S/C19H12Cl2N2O2S/c20-13-5-6-16-12(7-13)9-17(25-16)18(24)23-19-22-10-14(26-19)8-11-3-1-2-4-15(11)21/h1-7,9-10H,8H2,(H,22,23,24). The van der Waals surface area contributed by atoms with Crippen molar-refractivity contribution in [1.29, 1.82) is 0 Å². The van der Waals surface area contributed by atoms with Crippen LogP contribution in [0.2, 0.25) is 10.0 Å². The Bertz CT molecular complexity index is 1100. The highest BCUT2D eigenvalue weighted by Crippen LogP contribution is 2.26. The van der Waals surface area contributed by atoms with Gasteiger partial charge in [-0.2, -0.15) is 0 Å². The van der Waals surface area contributed by atoms with Crippen LogP contribution in [0.3, 0.4) is 0 Å². The van der Waals surface area contributed by atoms with Gasteiger partial charge in [-0.15, -0.1) is 11.3 Å². The minimum absolute atomic E-state index is 0.213. The summed E-state index contributed by atoms with van der Waals surface area (Å²) in [6, 6.07) is 14.5. The second-order valence-electron chi connectivity index (χ2n) is 5.65. The third-order valence-electron chi connectivity index (χ3n) is 3.80. The summed E-state index contributed by atoms with van der Waals surface area (Å²) in [6.07, 6.45) is 2.40. The molecular weight excluding hydrogens is 391 g/mol. The van der Waals surface area contributed by atoms with Crippen molar-refractivity contribution < 1.29 is 9.21 Å². The molecule has 0 aliphatic rings. The van der Waals surface area contributed by atoms with Crippen LogP contribution in [0, 0.1) is 0 Å². The number of nitrogens with one attached hydrogen (secondary N) is 1. The van der Waals surface area contributed by atoms with Crippen molar-refractivity contribution in [2.24, 2.45) is 0 Å². The Labute approximate surface area is 163 Å². The van der Waals surface area contributed by atoms with Crippen LogP contribution in [0.4, 0.5) is 5.13 Å². The van der Waals surface area contributed by atoms with Crippen LogP contribution in [-0.4, -0.2) is 10.9 Å². The number of carbonyl (C=O) groups excluding carboxylic acids is 1. The molecule has 0 spiro atoms. The molecule has 2 aromatic carbocycles. The molecule has 26 heavy (non-hydrogen) atoms. The third kappa shape index (κ3) is 3.60. The molecule has 0 radical (unpaired) electrons. The van der Waals surface area contributed by atoms with Crippen molar-refractivity contribution in [3.8, 4) is 0 Å². The van der Waals surface area contributed by atoms with Gasteiger partial charge in [-0.25, -0.2) is 4.98 Å². The summed E-state index contributed by atoms with van der Waals surface area (Å²) in [7, 11) is 0. The summed E-state index contributed by atoms with van der Waals surface area (Å²) in [6.45, 7) is 0. The van der Waals surface area contributed by atoms with E-state index in [9.17, 15) is 4.79 Å².